The van der Waals surface area contributed by atoms with Crippen molar-refractivity contribution in [2.24, 2.45) is 0 Å². The van der Waals surface area contributed by atoms with Gasteiger partial charge < -0.3 is 26.1 Å². The third kappa shape index (κ3) is 14.2. The third-order valence-corrected chi connectivity index (χ3v) is 8.33. The monoisotopic (exact) mass is 616 g/mol. The minimum absolute atomic E-state index is 0.152. The Labute approximate surface area is 252 Å². The van der Waals surface area contributed by atoms with E-state index in [-0.39, 0.29) is 48.1 Å². The van der Waals surface area contributed by atoms with Crippen molar-refractivity contribution in [2.45, 2.75) is 102 Å². The first-order chi connectivity index (χ1) is 19.9. The number of nitrogens with one attached hydrogen (secondary N) is 4. The van der Waals surface area contributed by atoms with E-state index < -0.39 is 36.2 Å². The van der Waals surface area contributed by atoms with Gasteiger partial charge in [-0.05, 0) is 58.5 Å². The van der Waals surface area contributed by atoms with Crippen molar-refractivity contribution in [1.29, 1.82) is 0 Å². The number of nitrogens with zero attached hydrogens (tertiary/aromatic N) is 1. The van der Waals surface area contributed by atoms with Crippen molar-refractivity contribution >= 4 is 65.2 Å². The topological polar surface area (TPSA) is 171 Å². The maximum Gasteiger partial charge on any atom is 0.242 e. The molecule has 1 unspecified atom stereocenters. The third-order valence-electron chi connectivity index (χ3n) is 6.46. The normalized spacial score (nSPS) is 17.3. The lowest BCUT2D eigenvalue weighted by atomic mass is 10.1. The second-order valence-corrected chi connectivity index (χ2v) is 12.1. The number of carbonyl (C=O) groups excluding carboxylic acids is 7. The lowest BCUT2D eigenvalue weighted by Crippen LogP contribution is -2.54. The number of rotatable bonds is 21. The van der Waals surface area contributed by atoms with Gasteiger partial charge in [0.2, 0.25) is 35.4 Å². The molecule has 0 spiro atoms. The van der Waals surface area contributed by atoms with Gasteiger partial charge in [0.1, 0.15) is 25.8 Å². The Morgan fingerprint density at radius 2 is 1.54 bits per heavy atom. The molecule has 1 aliphatic heterocycles. The van der Waals surface area contributed by atoms with Crippen LogP contribution in [0.1, 0.15) is 79.9 Å². The molecule has 14 heteroatoms. The van der Waals surface area contributed by atoms with Gasteiger partial charge in [-0.15, -0.1) is 11.8 Å². The molecular formula is C27H45N5O7S2. The van der Waals surface area contributed by atoms with Gasteiger partial charge in [0, 0.05) is 25.8 Å². The number of thioether (sulfide) groups is 2. The van der Waals surface area contributed by atoms with E-state index in [1.165, 1.54) is 49.2 Å². The molecule has 0 saturated carbocycles. The Bertz CT molecular complexity index is 971. The highest BCUT2D eigenvalue weighted by atomic mass is 32.2. The van der Waals surface area contributed by atoms with E-state index in [0.717, 1.165) is 18.6 Å². The minimum atomic E-state index is -0.932. The summed E-state index contributed by atoms with van der Waals surface area (Å²) in [6.45, 7) is 4.86. The van der Waals surface area contributed by atoms with Crippen LogP contribution in [-0.2, 0) is 33.6 Å². The van der Waals surface area contributed by atoms with Crippen LogP contribution in [0.15, 0.2) is 0 Å². The Kier molecular flexibility index (Phi) is 17.1. The van der Waals surface area contributed by atoms with Gasteiger partial charge in [-0.1, -0.05) is 12.8 Å². The SMILES string of the molecule is [2H]C(=O)CCCCCSCNC(=O)[C@H](C)NC(=O)[C@@H](C)NC(=O)[C@H](C)NC(=O)CCCCCN1C(=O)CC(SC)C1=O. The number of amides is 6. The maximum absolute atomic E-state index is 12.5. The molecule has 6 amide bonds. The molecule has 232 valence electrons. The van der Waals surface area contributed by atoms with Crippen LogP contribution >= 0.6 is 23.5 Å². The van der Waals surface area contributed by atoms with Crippen LogP contribution < -0.4 is 21.3 Å². The molecule has 4 atom stereocenters. The number of aldehydes is 1. The smallest absolute Gasteiger partial charge is 0.242 e. The second kappa shape index (κ2) is 20.3. The van der Waals surface area contributed by atoms with Crippen LogP contribution in [0.2, 0.25) is 0 Å². The molecule has 0 aromatic heterocycles. The second-order valence-electron chi connectivity index (χ2n) is 9.92. The molecule has 0 aliphatic carbocycles. The van der Waals surface area contributed by atoms with Gasteiger partial charge in [0.15, 0.2) is 0 Å². The van der Waals surface area contributed by atoms with Crippen molar-refractivity contribution in [3.05, 3.63) is 0 Å². The standard InChI is InChI=1S/C27H45N5O7S2/c1-18(24(36)28-17-41-15-11-6-5-10-14-33)30-26(38)20(3)31-25(37)19(2)29-22(34)12-8-7-9-13-32-23(35)16-21(40-4)27(32)39/h14,18-21H,5-13,15-17H2,1-4H3,(H,28,36)(H,29,34)(H,30,38)(H,31,37)/t18-,19-,20+,21?/m0/s1/i14D. The lowest BCUT2D eigenvalue weighted by molar-refractivity contribution is -0.138. The summed E-state index contributed by atoms with van der Waals surface area (Å²) in [6.07, 6.45) is 6.11. The highest BCUT2D eigenvalue weighted by Gasteiger charge is 2.37. The van der Waals surface area contributed by atoms with E-state index >= 15 is 0 Å². The average molecular weight is 617 g/mol. The fraction of sp³-hybridized carbons (Fsp3) is 0.741. The Morgan fingerprint density at radius 1 is 0.927 bits per heavy atom. The lowest BCUT2D eigenvalue weighted by Gasteiger charge is -2.20. The number of likely N-dealkylation sites (tertiary alicyclic amines) is 1. The molecule has 12 nitrogen and oxygen atoms in total. The molecule has 0 radical (unpaired) electrons. The zero-order valence-corrected chi connectivity index (χ0v) is 26.0. The molecule has 1 fully saturated rings. The molecule has 1 rings (SSSR count). The first-order valence-corrected chi connectivity index (χ1v) is 16.4. The van der Waals surface area contributed by atoms with Gasteiger partial charge in [-0.2, -0.15) is 11.8 Å². The summed E-state index contributed by atoms with van der Waals surface area (Å²) in [6, 6.07) is -2.62. The molecule has 1 saturated heterocycles. The first-order valence-electron chi connectivity index (χ1n) is 14.5. The molecule has 4 N–H and O–H groups in total. The zero-order chi connectivity index (χ0) is 31.7. The van der Waals surface area contributed by atoms with E-state index in [1.54, 1.807) is 6.26 Å². The number of carbonyl (C=O) groups is 7. The first kappa shape index (κ1) is 34.6. The molecule has 0 bridgehead atoms. The minimum Gasteiger partial charge on any atom is -0.345 e. The van der Waals surface area contributed by atoms with E-state index in [2.05, 4.69) is 21.3 Å². The summed E-state index contributed by atoms with van der Waals surface area (Å²) in [7, 11) is 0. The molecule has 41 heavy (non-hydrogen) atoms. The van der Waals surface area contributed by atoms with Gasteiger partial charge in [-0.3, -0.25) is 33.7 Å². The largest absolute Gasteiger partial charge is 0.345 e. The van der Waals surface area contributed by atoms with Crippen LogP contribution in [0.3, 0.4) is 0 Å². The van der Waals surface area contributed by atoms with Crippen LogP contribution in [0.5, 0.6) is 0 Å². The van der Waals surface area contributed by atoms with Crippen LogP contribution in [0, 0.1) is 0 Å². The molecular weight excluding hydrogens is 570 g/mol. The number of hydrogen-bond acceptors (Lipinski definition) is 9. The zero-order valence-electron chi connectivity index (χ0n) is 25.4. The summed E-state index contributed by atoms with van der Waals surface area (Å²) in [5.74, 6) is -0.910. The van der Waals surface area contributed by atoms with Crippen molar-refractivity contribution in [3.8, 4) is 0 Å². The number of hydrogen-bond donors (Lipinski definition) is 4. The predicted octanol–water partition coefficient (Wildman–Crippen LogP) is 1.12. The summed E-state index contributed by atoms with van der Waals surface area (Å²) in [5.41, 5.74) is 0. The van der Waals surface area contributed by atoms with Crippen molar-refractivity contribution < 1.29 is 34.9 Å². The Hall–Kier alpha value is -2.61. The number of unbranched alkanes of at least 4 members (excludes halogenated alkanes) is 4. The fourth-order valence-electron chi connectivity index (χ4n) is 3.92. The van der Waals surface area contributed by atoms with Gasteiger partial charge >= 0.3 is 0 Å². The molecule has 1 aliphatic rings. The quantitative estimate of drug-likeness (QED) is 0.0638. The summed E-state index contributed by atoms with van der Waals surface area (Å²) < 4.78 is 6.86. The molecule has 0 aromatic carbocycles. The van der Waals surface area contributed by atoms with Crippen molar-refractivity contribution in [2.75, 3.05) is 24.4 Å². The number of imide groups is 1. The summed E-state index contributed by atoms with van der Waals surface area (Å²) in [4.78, 5) is 85.4. The van der Waals surface area contributed by atoms with Gasteiger partial charge in [0.25, 0.3) is 0 Å². The van der Waals surface area contributed by atoms with E-state index in [9.17, 15) is 33.6 Å². The highest BCUT2D eigenvalue weighted by Crippen LogP contribution is 2.23. The van der Waals surface area contributed by atoms with Gasteiger partial charge in [-0.25, -0.2) is 0 Å². The Morgan fingerprint density at radius 3 is 2.15 bits per heavy atom. The van der Waals surface area contributed by atoms with Crippen LogP contribution in [0.25, 0.3) is 0 Å². The maximum atomic E-state index is 12.5. The summed E-state index contributed by atoms with van der Waals surface area (Å²) in [5, 5.41) is 10.1. The highest BCUT2D eigenvalue weighted by molar-refractivity contribution is 8.00. The molecule has 1 heterocycles. The average Bonchev–Trinajstić information content (AvgIpc) is 3.21. The molecule has 0 aromatic rings. The van der Waals surface area contributed by atoms with Crippen molar-refractivity contribution in [1.82, 2.24) is 26.2 Å². The van der Waals surface area contributed by atoms with E-state index in [1.807, 2.05) is 0 Å². The van der Waals surface area contributed by atoms with Crippen LogP contribution in [-0.4, -0.2) is 94.4 Å². The predicted molar refractivity (Wildman–Crippen MR) is 160 cm³/mol. The van der Waals surface area contributed by atoms with Crippen LogP contribution in [0.4, 0.5) is 0 Å². The van der Waals surface area contributed by atoms with E-state index in [4.69, 9.17) is 1.37 Å². The summed E-state index contributed by atoms with van der Waals surface area (Å²) >= 11 is 2.89. The van der Waals surface area contributed by atoms with E-state index in [0.29, 0.717) is 38.1 Å². The fourth-order valence-corrected chi connectivity index (χ4v) is 5.35. The van der Waals surface area contributed by atoms with Crippen molar-refractivity contribution in [3.63, 3.8) is 0 Å². The van der Waals surface area contributed by atoms with Gasteiger partial charge in [0.05, 0.1) is 11.1 Å². The Balaban J connectivity index is 2.22.